The number of hydrogen-bond acceptors (Lipinski definition) is 2. The minimum atomic E-state index is -0.156. The topological polar surface area (TPSA) is 44.0 Å². The van der Waals surface area contributed by atoms with Gasteiger partial charge in [-0.05, 0) is 68.5 Å². The first-order valence-corrected chi connectivity index (χ1v) is 12.1. The molecule has 35 heavy (non-hydrogen) atoms. The molecule has 0 saturated heterocycles. The number of nitrogens with zero attached hydrogens (tertiary/aromatic N) is 1. The number of nitriles is 1. The van der Waals surface area contributed by atoms with E-state index in [1.807, 2.05) is 24.3 Å². The maximum Gasteiger partial charge on any atom is 0.123 e. The van der Waals surface area contributed by atoms with Gasteiger partial charge in [0.05, 0.1) is 11.6 Å². The van der Waals surface area contributed by atoms with Gasteiger partial charge in [-0.25, -0.2) is 0 Å². The summed E-state index contributed by atoms with van der Waals surface area (Å²) in [5.41, 5.74) is 9.11. The molecule has 0 atom stereocenters. The fourth-order valence-corrected chi connectivity index (χ4v) is 4.39. The summed E-state index contributed by atoms with van der Waals surface area (Å²) < 4.78 is 0. The van der Waals surface area contributed by atoms with Crippen molar-refractivity contribution in [3.05, 3.63) is 102 Å². The van der Waals surface area contributed by atoms with Gasteiger partial charge in [-0.15, -0.1) is 0 Å². The molecule has 2 nitrogen and oxygen atoms in total. The van der Waals surface area contributed by atoms with E-state index in [2.05, 4.69) is 108 Å². The summed E-state index contributed by atoms with van der Waals surface area (Å²) in [5.74, 6) is 0.410. The van der Waals surface area contributed by atoms with Gasteiger partial charge < -0.3 is 5.11 Å². The lowest BCUT2D eigenvalue weighted by atomic mass is 9.77. The second-order valence-corrected chi connectivity index (χ2v) is 11.3. The highest BCUT2D eigenvalue weighted by molar-refractivity contribution is 5.75. The molecule has 0 aliphatic rings. The molecule has 0 amide bonds. The maximum atomic E-state index is 11.0. The van der Waals surface area contributed by atoms with Crippen molar-refractivity contribution in [1.29, 1.82) is 5.26 Å². The number of rotatable bonds is 3. The molecule has 0 fully saturated rings. The van der Waals surface area contributed by atoms with Gasteiger partial charge in [0.15, 0.2) is 0 Å². The quantitative estimate of drug-likeness (QED) is 0.332. The summed E-state index contributed by atoms with van der Waals surface area (Å²) in [6, 6.07) is 31.2. The number of aromatic hydroxyl groups is 1. The van der Waals surface area contributed by atoms with Crippen molar-refractivity contribution < 1.29 is 5.11 Å². The summed E-state index contributed by atoms with van der Waals surface area (Å²) in [5, 5.41) is 20.0. The van der Waals surface area contributed by atoms with E-state index in [0.717, 1.165) is 44.5 Å². The highest BCUT2D eigenvalue weighted by Gasteiger charge is 2.26. The fourth-order valence-electron chi connectivity index (χ4n) is 4.39. The van der Waals surface area contributed by atoms with E-state index in [1.165, 1.54) is 0 Å². The Labute approximate surface area is 209 Å². The van der Waals surface area contributed by atoms with E-state index in [-0.39, 0.29) is 10.8 Å². The van der Waals surface area contributed by atoms with Gasteiger partial charge >= 0.3 is 0 Å². The molecule has 0 saturated carbocycles. The van der Waals surface area contributed by atoms with Crippen LogP contribution in [0.3, 0.4) is 0 Å². The Bertz CT molecular complexity index is 1340. The summed E-state index contributed by atoms with van der Waals surface area (Å²) in [4.78, 5) is 0. The molecule has 0 radical (unpaired) electrons. The van der Waals surface area contributed by atoms with Crippen molar-refractivity contribution in [3.63, 3.8) is 0 Å². The lowest BCUT2D eigenvalue weighted by Crippen LogP contribution is -2.17. The van der Waals surface area contributed by atoms with Crippen LogP contribution in [-0.4, -0.2) is 5.11 Å². The first kappa shape index (κ1) is 24.3. The van der Waals surface area contributed by atoms with E-state index in [9.17, 15) is 5.11 Å². The predicted octanol–water partition coefficient (Wildman–Crippen LogP) is 8.86. The van der Waals surface area contributed by atoms with Crippen LogP contribution in [0.25, 0.3) is 33.4 Å². The highest BCUT2D eigenvalue weighted by Crippen LogP contribution is 2.42. The Morgan fingerprint density at radius 1 is 0.514 bits per heavy atom. The third kappa shape index (κ3) is 5.15. The second kappa shape index (κ2) is 9.08. The number of benzene rings is 4. The Kier molecular flexibility index (Phi) is 6.30. The van der Waals surface area contributed by atoms with E-state index in [1.54, 1.807) is 0 Å². The SMILES string of the molecule is CC(C)(C)c1cc(-c2ccc(-c3ccc(-c4ccc(C#N)cc4)cc3)cc2)cc(C(C)(C)C)c1O. The smallest absolute Gasteiger partial charge is 0.123 e. The lowest BCUT2D eigenvalue weighted by Gasteiger charge is -2.28. The monoisotopic (exact) mass is 459 g/mol. The molecule has 0 aliphatic heterocycles. The molecule has 0 heterocycles. The average molecular weight is 460 g/mol. The minimum absolute atomic E-state index is 0.156. The van der Waals surface area contributed by atoms with Gasteiger partial charge in [0.2, 0.25) is 0 Å². The number of hydrogen-bond donors (Lipinski definition) is 1. The van der Waals surface area contributed by atoms with Crippen molar-refractivity contribution in [2.24, 2.45) is 0 Å². The summed E-state index contributed by atoms with van der Waals surface area (Å²) in [6.07, 6.45) is 0. The van der Waals surface area contributed by atoms with Crippen molar-refractivity contribution in [3.8, 4) is 45.2 Å². The molecule has 4 aromatic rings. The standard InChI is InChI=1S/C33H33NO/c1-32(2,3)29-19-28(20-30(31(29)35)33(4,5)6)27-17-15-26(16-18-27)25-13-11-24(12-14-25)23-9-7-22(21-34)8-10-23/h7-20,35H,1-6H3. The normalized spacial score (nSPS) is 11.8. The largest absolute Gasteiger partial charge is 0.507 e. The van der Waals surface area contributed by atoms with Gasteiger partial charge in [0, 0.05) is 11.1 Å². The third-order valence-corrected chi connectivity index (χ3v) is 6.51. The molecular weight excluding hydrogens is 426 g/mol. The zero-order valence-electron chi connectivity index (χ0n) is 21.5. The molecule has 0 aliphatic carbocycles. The van der Waals surface area contributed by atoms with E-state index >= 15 is 0 Å². The zero-order chi connectivity index (χ0) is 25.4. The van der Waals surface area contributed by atoms with Crippen LogP contribution < -0.4 is 0 Å². The van der Waals surface area contributed by atoms with Crippen LogP contribution >= 0.6 is 0 Å². The Hall–Kier alpha value is -3.83. The van der Waals surface area contributed by atoms with E-state index in [4.69, 9.17) is 5.26 Å². The van der Waals surface area contributed by atoms with E-state index < -0.39 is 0 Å². The van der Waals surface area contributed by atoms with Crippen LogP contribution in [-0.2, 0) is 10.8 Å². The van der Waals surface area contributed by atoms with Gasteiger partial charge in [-0.3, -0.25) is 0 Å². The van der Waals surface area contributed by atoms with Crippen LogP contribution in [0.5, 0.6) is 5.75 Å². The minimum Gasteiger partial charge on any atom is -0.507 e. The third-order valence-electron chi connectivity index (χ3n) is 6.51. The summed E-state index contributed by atoms with van der Waals surface area (Å²) in [7, 11) is 0. The molecule has 4 rings (SSSR count). The molecule has 2 heteroatoms. The lowest BCUT2D eigenvalue weighted by molar-refractivity contribution is 0.423. The van der Waals surface area contributed by atoms with E-state index in [0.29, 0.717) is 11.3 Å². The zero-order valence-corrected chi connectivity index (χ0v) is 21.5. The Balaban J connectivity index is 1.66. The number of phenolic OH excluding ortho intramolecular Hbond substituents is 1. The van der Waals surface area contributed by atoms with Crippen LogP contribution in [0.15, 0.2) is 84.9 Å². The highest BCUT2D eigenvalue weighted by atomic mass is 16.3. The van der Waals surface area contributed by atoms with Gasteiger partial charge in [-0.1, -0.05) is 102 Å². The molecule has 0 spiro atoms. The molecule has 1 N–H and O–H groups in total. The van der Waals surface area contributed by atoms with Crippen molar-refractivity contribution in [2.45, 2.75) is 52.4 Å². The molecule has 0 bridgehead atoms. The Morgan fingerprint density at radius 2 is 0.800 bits per heavy atom. The van der Waals surface area contributed by atoms with Crippen LogP contribution in [0, 0.1) is 11.3 Å². The first-order chi connectivity index (χ1) is 16.5. The van der Waals surface area contributed by atoms with Crippen molar-refractivity contribution in [1.82, 2.24) is 0 Å². The second-order valence-electron chi connectivity index (χ2n) is 11.3. The molecular formula is C33H33NO. The Morgan fingerprint density at radius 3 is 1.09 bits per heavy atom. The molecule has 176 valence electrons. The first-order valence-electron chi connectivity index (χ1n) is 12.1. The predicted molar refractivity (Wildman–Crippen MR) is 147 cm³/mol. The summed E-state index contributed by atoms with van der Waals surface area (Å²) in [6.45, 7) is 12.9. The maximum absolute atomic E-state index is 11.0. The molecule has 4 aromatic carbocycles. The number of phenols is 1. The molecule has 0 unspecified atom stereocenters. The summed E-state index contributed by atoms with van der Waals surface area (Å²) >= 11 is 0. The average Bonchev–Trinajstić information content (AvgIpc) is 2.83. The van der Waals surface area contributed by atoms with Crippen LogP contribution in [0.2, 0.25) is 0 Å². The molecule has 0 aromatic heterocycles. The van der Waals surface area contributed by atoms with Crippen molar-refractivity contribution >= 4 is 0 Å². The van der Waals surface area contributed by atoms with Gasteiger partial charge in [-0.2, -0.15) is 5.26 Å². The van der Waals surface area contributed by atoms with Crippen LogP contribution in [0.4, 0.5) is 0 Å². The fraction of sp³-hybridized carbons (Fsp3) is 0.242. The van der Waals surface area contributed by atoms with Gasteiger partial charge in [0.25, 0.3) is 0 Å². The van der Waals surface area contributed by atoms with Crippen molar-refractivity contribution in [2.75, 3.05) is 0 Å². The van der Waals surface area contributed by atoms with Crippen LogP contribution in [0.1, 0.15) is 58.2 Å². The van der Waals surface area contributed by atoms with Gasteiger partial charge in [0.1, 0.15) is 5.75 Å².